The third kappa shape index (κ3) is 6.55. The van der Waals surface area contributed by atoms with Crippen LogP contribution in [0.5, 0.6) is 11.5 Å². The largest absolute Gasteiger partial charge is 0.458 e. The van der Waals surface area contributed by atoms with Crippen LogP contribution in [0.3, 0.4) is 0 Å². The topological polar surface area (TPSA) is 25.6 Å². The van der Waals surface area contributed by atoms with Crippen molar-refractivity contribution in [2.75, 3.05) is 4.90 Å². The zero-order valence-corrected chi connectivity index (χ0v) is 42.6. The second kappa shape index (κ2) is 17.2. The van der Waals surface area contributed by atoms with Gasteiger partial charge in [0.05, 0.1) is 0 Å². The molecule has 0 radical (unpaired) electrons. The van der Waals surface area contributed by atoms with Crippen molar-refractivity contribution in [1.29, 1.82) is 0 Å². The molecule has 354 valence electrons. The summed E-state index contributed by atoms with van der Waals surface area (Å²) >= 11 is 0. The van der Waals surface area contributed by atoms with Gasteiger partial charge in [-0.15, -0.1) is 10.0 Å². The highest BCUT2D eigenvalue weighted by Gasteiger charge is 2.56. The predicted molar refractivity (Wildman–Crippen MR) is 314 cm³/mol. The number of hydrogen-bond donors (Lipinski definition) is 0. The molecule has 13 aromatic rings. The molecule has 0 fully saturated rings. The van der Waals surface area contributed by atoms with Crippen LogP contribution in [0.25, 0.3) is 55.0 Å². The Labute approximate surface area is 438 Å². The Morgan fingerprint density at radius 3 is 1.55 bits per heavy atom. The molecule has 12 aromatic carbocycles. The zero-order valence-electron chi connectivity index (χ0n) is 40.8. The van der Waals surface area contributed by atoms with Crippen LogP contribution in [0.1, 0.15) is 0 Å². The number of ether oxygens (including phenoxy) is 1. The van der Waals surface area contributed by atoms with Gasteiger partial charge in [0.15, 0.2) is 8.07 Å². The highest BCUT2D eigenvalue weighted by Crippen LogP contribution is 2.74. The lowest BCUT2D eigenvalue weighted by atomic mass is 9.98. The van der Waals surface area contributed by atoms with E-state index in [4.69, 9.17) is 9.15 Å². The molecule has 0 atom stereocenters. The lowest BCUT2D eigenvalue weighted by Crippen LogP contribution is -2.78. The number of fused-ring (bicyclic) bond motifs is 12. The van der Waals surface area contributed by atoms with E-state index in [1.807, 2.05) is 12.1 Å². The van der Waals surface area contributed by atoms with Crippen molar-refractivity contribution in [3.63, 3.8) is 0 Å². The van der Waals surface area contributed by atoms with Crippen LogP contribution in [-0.2, 0) is 0 Å². The molecule has 3 nitrogen and oxygen atoms in total. The van der Waals surface area contributed by atoms with Gasteiger partial charge in [0.25, 0.3) is 0 Å². The summed E-state index contributed by atoms with van der Waals surface area (Å²) in [7, 11) is -4.93. The van der Waals surface area contributed by atoms with E-state index in [-0.39, 0.29) is 0 Å². The van der Waals surface area contributed by atoms with Crippen LogP contribution in [0.15, 0.2) is 309 Å². The molecule has 0 saturated heterocycles. The summed E-state index contributed by atoms with van der Waals surface area (Å²) in [6.45, 7) is 0. The van der Waals surface area contributed by atoms with E-state index in [2.05, 4.69) is 278 Å². The van der Waals surface area contributed by atoms with Crippen LogP contribution in [0.2, 0.25) is 0 Å². The molecular weight excluding hydrogens is 947 g/mol. The van der Waals surface area contributed by atoms with Gasteiger partial charge < -0.3 is 14.1 Å². The van der Waals surface area contributed by atoms with Gasteiger partial charge in [-0.1, -0.05) is 188 Å². The second-order valence-electron chi connectivity index (χ2n) is 19.5. The summed E-state index contributed by atoms with van der Waals surface area (Å²) in [4.78, 5) is 7.82. The molecule has 15 rings (SSSR count). The quantitative estimate of drug-likeness (QED) is 0.149. The molecule has 0 bridgehead atoms. The SMILES string of the molecule is c1ccc(S2(c3ccccc3)c3ccccc3[Si]3(c4ccccc4Oc4cc(-c5ccc(N(c6ccc(-c7cccc8ccccc78)cc6)c6ccc7c(c6)oc6ccccc67)cc5)ccc43)c3ccccc32)cc1. The number of benzene rings is 12. The number of anilines is 3. The van der Waals surface area contributed by atoms with Gasteiger partial charge in [0.2, 0.25) is 0 Å². The summed E-state index contributed by atoms with van der Waals surface area (Å²) in [6.07, 6.45) is 0. The normalized spacial score (nSPS) is 14.1. The fourth-order valence-electron chi connectivity index (χ4n) is 12.4. The highest BCUT2D eigenvalue weighted by molar-refractivity contribution is 8.34. The van der Waals surface area contributed by atoms with E-state index in [1.165, 1.54) is 62.2 Å². The summed E-state index contributed by atoms with van der Waals surface area (Å²) in [5.74, 6) is 1.85. The molecule has 0 aliphatic carbocycles. The molecule has 1 aromatic heterocycles. The summed E-state index contributed by atoms with van der Waals surface area (Å²) < 4.78 is 13.6. The van der Waals surface area contributed by atoms with E-state index >= 15 is 0 Å². The molecular formula is C70H47NO2SSi. The minimum Gasteiger partial charge on any atom is -0.458 e. The molecule has 0 unspecified atom stereocenters. The van der Waals surface area contributed by atoms with E-state index in [9.17, 15) is 0 Å². The summed E-state index contributed by atoms with van der Waals surface area (Å²) in [6, 6.07) is 105. The van der Waals surface area contributed by atoms with E-state index < -0.39 is 18.1 Å². The van der Waals surface area contributed by atoms with Gasteiger partial charge in [-0.05, 0) is 145 Å². The van der Waals surface area contributed by atoms with Crippen molar-refractivity contribution < 1.29 is 9.15 Å². The Hall–Kier alpha value is -9.13. The minimum atomic E-state index is -3.02. The van der Waals surface area contributed by atoms with Gasteiger partial charge >= 0.3 is 0 Å². The smallest absolute Gasteiger partial charge is 0.190 e. The third-order valence-corrected chi connectivity index (χ3v) is 24.9. The van der Waals surface area contributed by atoms with Crippen molar-refractivity contribution in [2.45, 2.75) is 19.6 Å². The zero-order chi connectivity index (χ0) is 49.5. The first-order chi connectivity index (χ1) is 37.2. The number of rotatable bonds is 7. The van der Waals surface area contributed by atoms with Gasteiger partial charge in [-0.25, -0.2) is 0 Å². The number of hydrogen-bond acceptors (Lipinski definition) is 3. The minimum absolute atomic E-state index is 0.857. The van der Waals surface area contributed by atoms with Crippen molar-refractivity contribution in [3.8, 4) is 33.8 Å². The van der Waals surface area contributed by atoms with E-state index in [0.717, 1.165) is 61.6 Å². The summed E-state index contributed by atoms with van der Waals surface area (Å²) in [5, 5.41) is 10.1. The van der Waals surface area contributed by atoms with Crippen molar-refractivity contribution >= 4 is 88.6 Å². The van der Waals surface area contributed by atoms with Gasteiger partial charge in [-0.3, -0.25) is 0 Å². The van der Waals surface area contributed by atoms with Crippen LogP contribution in [-0.4, -0.2) is 8.07 Å². The maximum atomic E-state index is 7.14. The van der Waals surface area contributed by atoms with Gasteiger partial charge in [0, 0.05) is 53.5 Å². The highest BCUT2D eigenvalue weighted by atomic mass is 32.3. The molecule has 2 aliphatic rings. The molecule has 2 aliphatic heterocycles. The predicted octanol–water partition coefficient (Wildman–Crippen LogP) is 16.7. The lowest BCUT2D eigenvalue weighted by Gasteiger charge is -2.53. The van der Waals surface area contributed by atoms with Crippen LogP contribution >= 0.6 is 10.0 Å². The Bertz CT molecular complexity index is 4250. The van der Waals surface area contributed by atoms with Crippen molar-refractivity contribution in [3.05, 3.63) is 285 Å². The van der Waals surface area contributed by atoms with Gasteiger partial charge in [0.1, 0.15) is 22.7 Å². The Kier molecular flexibility index (Phi) is 9.99. The van der Waals surface area contributed by atoms with Crippen LogP contribution in [0.4, 0.5) is 17.1 Å². The first-order valence-corrected chi connectivity index (χ1v) is 29.3. The maximum absolute atomic E-state index is 7.14. The molecule has 3 heterocycles. The average Bonchev–Trinajstić information content (AvgIpc) is 3.89. The fourth-order valence-corrected chi connectivity index (χ4v) is 23.3. The first kappa shape index (κ1) is 43.4. The third-order valence-electron chi connectivity index (χ3n) is 15.6. The second-order valence-corrected chi connectivity index (χ2v) is 26.2. The fraction of sp³-hybridized carbons (Fsp3) is 0. The average molecular weight is 994 g/mol. The Morgan fingerprint density at radius 1 is 0.320 bits per heavy atom. The van der Waals surface area contributed by atoms with E-state index in [0.29, 0.717) is 0 Å². The standard InChI is InChI=1S/C70H47NO2SSi/c1-3-20-55(21-4-1)74(56-22-5-2-6-23-56)65-29-12-15-32-69(65)75(70-33-16-13-30-66(70)74)67-31-14-11-28-62(67)73-64-46-51(38-45-68(64)75)48-34-39-52(40-35-48)71(54-43-44-60-59-25-9-10-27-61(59)72-63(60)47-54)53-41-36-50(37-42-53)58-26-17-19-49-18-7-8-24-57(49)58/h1-47H. The van der Waals surface area contributed by atoms with Crippen LogP contribution < -0.4 is 30.4 Å². The molecule has 0 saturated carbocycles. The Morgan fingerprint density at radius 2 is 0.840 bits per heavy atom. The monoisotopic (exact) mass is 993 g/mol. The molecule has 0 amide bonds. The number of nitrogens with zero attached hydrogens (tertiary/aromatic N) is 1. The van der Waals surface area contributed by atoms with Crippen molar-refractivity contribution in [1.82, 2.24) is 0 Å². The maximum Gasteiger partial charge on any atom is 0.190 e. The number of para-hydroxylation sites is 2. The van der Waals surface area contributed by atoms with E-state index in [1.54, 1.807) is 0 Å². The number of furan rings is 1. The molecule has 1 spiro atoms. The first-order valence-electron chi connectivity index (χ1n) is 25.6. The Balaban J connectivity index is 0.867. The van der Waals surface area contributed by atoms with Crippen LogP contribution in [0, 0.1) is 0 Å². The van der Waals surface area contributed by atoms with Crippen molar-refractivity contribution in [2.24, 2.45) is 0 Å². The summed E-state index contributed by atoms with van der Waals surface area (Å²) in [5.41, 5.74) is 9.46. The lowest BCUT2D eigenvalue weighted by molar-refractivity contribution is 0.487. The van der Waals surface area contributed by atoms with Gasteiger partial charge in [-0.2, -0.15) is 0 Å². The molecule has 5 heteroatoms. The molecule has 0 N–H and O–H groups in total. The molecule has 75 heavy (non-hydrogen) atoms.